The molecule has 1 aromatic carbocycles. The molecule has 1 unspecified atom stereocenters. The molecule has 0 radical (unpaired) electrons. The van der Waals surface area contributed by atoms with Crippen molar-refractivity contribution >= 4 is 5.97 Å². The monoisotopic (exact) mass is 286 g/mol. The molecular weight excluding hydrogens is 268 g/mol. The van der Waals surface area contributed by atoms with Crippen molar-refractivity contribution in [3.63, 3.8) is 0 Å². The molecule has 3 rings (SSSR count). The molecule has 1 fully saturated rings. The number of carbonyl (C=O) groups is 1. The second kappa shape index (κ2) is 5.33. The summed E-state index contributed by atoms with van der Waals surface area (Å²) in [5.74, 6) is -0.360. The zero-order valence-electron chi connectivity index (χ0n) is 12.2. The Hall–Kier alpha value is -2.14. The van der Waals surface area contributed by atoms with Crippen LogP contribution in [-0.2, 0) is 9.47 Å². The quantitative estimate of drug-likeness (QED) is 0.810. The predicted octanol–water partition coefficient (Wildman–Crippen LogP) is 2.44. The maximum Gasteiger partial charge on any atom is 0.357 e. The van der Waals surface area contributed by atoms with E-state index in [-0.39, 0.29) is 12.0 Å². The van der Waals surface area contributed by atoms with Crippen molar-refractivity contribution in [2.24, 2.45) is 0 Å². The number of esters is 1. The Morgan fingerprint density at radius 2 is 2.10 bits per heavy atom. The van der Waals surface area contributed by atoms with Gasteiger partial charge in [0.25, 0.3) is 0 Å². The van der Waals surface area contributed by atoms with E-state index in [1.54, 1.807) is 12.5 Å². The van der Waals surface area contributed by atoms with Crippen molar-refractivity contribution in [1.29, 1.82) is 0 Å². The molecule has 0 bridgehead atoms. The van der Waals surface area contributed by atoms with Gasteiger partial charge in [-0.2, -0.15) is 0 Å². The van der Waals surface area contributed by atoms with Crippen LogP contribution in [0.3, 0.4) is 0 Å². The van der Waals surface area contributed by atoms with Crippen LogP contribution >= 0.6 is 0 Å². The first-order valence-corrected chi connectivity index (χ1v) is 6.97. The number of nitrogens with zero attached hydrogens (tertiary/aromatic N) is 2. The van der Waals surface area contributed by atoms with Crippen molar-refractivity contribution < 1.29 is 14.3 Å². The summed E-state index contributed by atoms with van der Waals surface area (Å²) in [7, 11) is 0. The first-order chi connectivity index (χ1) is 10.1. The van der Waals surface area contributed by atoms with Crippen LogP contribution in [0.1, 0.15) is 35.9 Å². The minimum atomic E-state index is -0.512. The van der Waals surface area contributed by atoms with Crippen molar-refractivity contribution in [1.82, 2.24) is 9.55 Å². The summed E-state index contributed by atoms with van der Waals surface area (Å²) in [6.45, 7) is 4.79. The van der Waals surface area contributed by atoms with Crippen LogP contribution in [0.15, 0.2) is 42.9 Å². The van der Waals surface area contributed by atoms with Crippen molar-refractivity contribution in [3.05, 3.63) is 54.1 Å². The summed E-state index contributed by atoms with van der Waals surface area (Å²) in [5, 5.41) is 0. The smallest absolute Gasteiger partial charge is 0.357 e. The second-order valence-electron chi connectivity index (χ2n) is 5.61. The van der Waals surface area contributed by atoms with Gasteiger partial charge in [0.15, 0.2) is 5.60 Å². The van der Waals surface area contributed by atoms with Gasteiger partial charge in [-0.3, -0.25) is 0 Å². The third-order valence-corrected chi connectivity index (χ3v) is 3.73. The molecule has 0 spiro atoms. The maximum absolute atomic E-state index is 12.3. The molecule has 5 nitrogen and oxygen atoms in total. The Labute approximate surface area is 123 Å². The SMILES string of the molecule is CC(c1ccccc1)n1cncc1C(=O)OC1(C)COC1. The molecule has 110 valence electrons. The molecule has 0 saturated carbocycles. The van der Waals surface area contributed by atoms with Crippen LogP contribution in [0.25, 0.3) is 0 Å². The van der Waals surface area contributed by atoms with E-state index < -0.39 is 5.60 Å². The lowest BCUT2D eigenvalue weighted by Crippen LogP contribution is -2.50. The number of ether oxygens (including phenoxy) is 2. The first kappa shape index (κ1) is 13.8. The van der Waals surface area contributed by atoms with Gasteiger partial charge in [-0.05, 0) is 19.4 Å². The largest absolute Gasteiger partial charge is 0.450 e. The predicted molar refractivity (Wildman–Crippen MR) is 77.1 cm³/mol. The van der Waals surface area contributed by atoms with Crippen LogP contribution in [0, 0.1) is 0 Å². The minimum Gasteiger partial charge on any atom is -0.450 e. The number of carbonyl (C=O) groups excluding carboxylic acids is 1. The van der Waals surface area contributed by atoms with Crippen LogP contribution < -0.4 is 0 Å². The van der Waals surface area contributed by atoms with Crippen molar-refractivity contribution in [3.8, 4) is 0 Å². The average molecular weight is 286 g/mol. The topological polar surface area (TPSA) is 53.4 Å². The molecule has 1 atom stereocenters. The molecule has 0 aliphatic carbocycles. The molecule has 0 amide bonds. The maximum atomic E-state index is 12.3. The zero-order chi connectivity index (χ0) is 14.9. The second-order valence-corrected chi connectivity index (χ2v) is 5.61. The summed E-state index contributed by atoms with van der Waals surface area (Å²) in [6, 6.07) is 10.0. The van der Waals surface area contributed by atoms with Gasteiger partial charge in [0.2, 0.25) is 0 Å². The van der Waals surface area contributed by atoms with Crippen molar-refractivity contribution in [2.45, 2.75) is 25.5 Å². The van der Waals surface area contributed by atoms with Crippen LogP contribution in [0.5, 0.6) is 0 Å². The highest BCUT2D eigenvalue weighted by Gasteiger charge is 2.38. The summed E-state index contributed by atoms with van der Waals surface area (Å²) in [4.78, 5) is 16.4. The molecule has 2 heterocycles. The number of imidazole rings is 1. The van der Waals surface area contributed by atoms with E-state index in [1.807, 2.05) is 48.7 Å². The van der Waals surface area contributed by atoms with Crippen LogP contribution in [0.2, 0.25) is 0 Å². The van der Waals surface area contributed by atoms with E-state index in [1.165, 1.54) is 0 Å². The zero-order valence-corrected chi connectivity index (χ0v) is 12.2. The van der Waals surface area contributed by atoms with Gasteiger partial charge in [0, 0.05) is 0 Å². The molecule has 1 saturated heterocycles. The highest BCUT2D eigenvalue weighted by Crippen LogP contribution is 2.24. The Balaban J connectivity index is 1.82. The van der Waals surface area contributed by atoms with Gasteiger partial charge in [0.05, 0.1) is 31.8 Å². The number of aromatic nitrogens is 2. The molecule has 1 aromatic heterocycles. The van der Waals surface area contributed by atoms with Gasteiger partial charge >= 0.3 is 5.97 Å². The molecule has 0 N–H and O–H groups in total. The highest BCUT2D eigenvalue weighted by molar-refractivity contribution is 5.87. The van der Waals surface area contributed by atoms with Crippen LogP contribution in [-0.4, -0.2) is 34.3 Å². The third kappa shape index (κ3) is 2.69. The number of benzene rings is 1. The normalized spacial score (nSPS) is 17.8. The first-order valence-electron chi connectivity index (χ1n) is 6.97. The Kier molecular flexibility index (Phi) is 3.51. The fourth-order valence-corrected chi connectivity index (χ4v) is 2.39. The van der Waals surface area contributed by atoms with E-state index >= 15 is 0 Å². The fraction of sp³-hybridized carbons (Fsp3) is 0.375. The van der Waals surface area contributed by atoms with Gasteiger partial charge in [-0.1, -0.05) is 30.3 Å². The number of hydrogen-bond donors (Lipinski definition) is 0. The summed E-state index contributed by atoms with van der Waals surface area (Å²) in [6.07, 6.45) is 3.21. The molecule has 2 aromatic rings. The van der Waals surface area contributed by atoms with Gasteiger partial charge in [-0.15, -0.1) is 0 Å². The summed E-state index contributed by atoms with van der Waals surface area (Å²) >= 11 is 0. The van der Waals surface area contributed by atoms with Crippen LogP contribution in [0.4, 0.5) is 0 Å². The van der Waals surface area contributed by atoms with Gasteiger partial charge < -0.3 is 14.0 Å². The minimum absolute atomic E-state index is 0.0155. The van der Waals surface area contributed by atoms with Gasteiger partial charge in [-0.25, -0.2) is 9.78 Å². The fourth-order valence-electron chi connectivity index (χ4n) is 2.39. The van der Waals surface area contributed by atoms with E-state index in [2.05, 4.69) is 4.98 Å². The number of rotatable bonds is 4. The lowest BCUT2D eigenvalue weighted by atomic mass is 10.1. The number of hydrogen-bond acceptors (Lipinski definition) is 4. The Morgan fingerprint density at radius 3 is 2.71 bits per heavy atom. The highest BCUT2D eigenvalue weighted by atomic mass is 16.6. The summed E-state index contributed by atoms with van der Waals surface area (Å²) in [5.41, 5.74) is 1.06. The lowest BCUT2D eigenvalue weighted by molar-refractivity contribution is -0.169. The molecule has 1 aliphatic rings. The summed E-state index contributed by atoms with van der Waals surface area (Å²) < 4.78 is 12.5. The molecule has 5 heteroatoms. The Bertz CT molecular complexity index is 632. The lowest BCUT2D eigenvalue weighted by Gasteiger charge is -2.37. The van der Waals surface area contributed by atoms with E-state index in [0.717, 1.165) is 5.56 Å². The third-order valence-electron chi connectivity index (χ3n) is 3.73. The van der Waals surface area contributed by atoms with E-state index in [4.69, 9.17) is 9.47 Å². The van der Waals surface area contributed by atoms with Crippen molar-refractivity contribution in [2.75, 3.05) is 13.2 Å². The molecule has 21 heavy (non-hydrogen) atoms. The standard InChI is InChI=1S/C16H18N2O3/c1-12(13-6-4-3-5-7-13)18-11-17-8-14(18)15(19)21-16(2)9-20-10-16/h3-8,11-12H,9-10H2,1-2H3. The molecule has 1 aliphatic heterocycles. The molecular formula is C16H18N2O3. The van der Waals surface area contributed by atoms with E-state index in [0.29, 0.717) is 18.9 Å². The average Bonchev–Trinajstić information content (AvgIpc) is 2.95. The van der Waals surface area contributed by atoms with E-state index in [9.17, 15) is 4.79 Å². The van der Waals surface area contributed by atoms with Gasteiger partial charge in [0.1, 0.15) is 5.69 Å². The Morgan fingerprint density at radius 1 is 1.38 bits per heavy atom.